The highest BCUT2D eigenvalue weighted by Gasteiger charge is 2.32. The molecule has 11 heteroatoms. The number of nitrogens with zero attached hydrogens (tertiary/aromatic N) is 3. The van der Waals surface area contributed by atoms with Crippen LogP contribution in [0.15, 0.2) is 53.1 Å². The van der Waals surface area contributed by atoms with Crippen molar-refractivity contribution in [1.29, 1.82) is 0 Å². The first kappa shape index (κ1) is 25.5. The molecule has 1 amide bonds. The van der Waals surface area contributed by atoms with Crippen molar-refractivity contribution in [2.24, 2.45) is 0 Å². The third kappa shape index (κ3) is 5.46. The predicted octanol–water partition coefficient (Wildman–Crippen LogP) is 6.40. The Morgan fingerprint density at radius 1 is 1.26 bits per heavy atom. The summed E-state index contributed by atoms with van der Waals surface area (Å²) in [7, 11) is 0. The molecule has 0 spiro atoms. The number of hydrogen-bond donors (Lipinski definition) is 2. The number of benzene rings is 1. The Balaban J connectivity index is 1.92. The van der Waals surface area contributed by atoms with E-state index in [-0.39, 0.29) is 23.7 Å². The largest absolute Gasteiger partial charge is 0.598 e. The lowest BCUT2D eigenvalue weighted by Gasteiger charge is -2.26. The maximum Gasteiger partial charge on any atom is 0.413 e. The van der Waals surface area contributed by atoms with E-state index in [0.717, 1.165) is 20.9 Å². The summed E-state index contributed by atoms with van der Waals surface area (Å²) >= 11 is 6.35. The molecule has 0 saturated carbocycles. The van der Waals surface area contributed by atoms with Gasteiger partial charge in [0.15, 0.2) is 5.82 Å². The molecular weight excluding hydrogens is 508 g/mol. The summed E-state index contributed by atoms with van der Waals surface area (Å²) in [4.78, 5) is 23.0. The lowest BCUT2D eigenvalue weighted by atomic mass is 10.0. The SMILES string of the molecule is C[C@H](N[S@+]([O-])C(C)(C)C)c1sc2c(N(Cc3ccco3)C(=O)O)nc(Cl)nc2c1-c1ccccc1. The molecule has 184 valence electrons. The monoisotopic (exact) mass is 532 g/mol. The molecule has 0 radical (unpaired) electrons. The van der Waals surface area contributed by atoms with E-state index in [9.17, 15) is 14.5 Å². The number of thiophene rings is 1. The van der Waals surface area contributed by atoms with Gasteiger partial charge >= 0.3 is 6.09 Å². The van der Waals surface area contributed by atoms with Gasteiger partial charge in [-0.05, 0) is 57.0 Å². The summed E-state index contributed by atoms with van der Waals surface area (Å²) in [5.74, 6) is 0.632. The summed E-state index contributed by atoms with van der Waals surface area (Å²) in [6, 6.07) is 12.7. The minimum Gasteiger partial charge on any atom is -0.598 e. The molecule has 0 aliphatic heterocycles. The van der Waals surface area contributed by atoms with Crippen LogP contribution >= 0.6 is 22.9 Å². The summed E-state index contributed by atoms with van der Waals surface area (Å²) < 4.78 is 21.5. The molecule has 2 N–H and O–H groups in total. The molecule has 4 aromatic rings. The molecule has 2 atom stereocenters. The van der Waals surface area contributed by atoms with Crippen LogP contribution in [0.3, 0.4) is 0 Å². The van der Waals surface area contributed by atoms with Crippen LogP contribution in [0.2, 0.25) is 5.28 Å². The van der Waals surface area contributed by atoms with E-state index in [1.165, 1.54) is 17.6 Å². The summed E-state index contributed by atoms with van der Waals surface area (Å²) in [6.45, 7) is 7.57. The Bertz CT molecular complexity index is 1320. The van der Waals surface area contributed by atoms with Gasteiger partial charge in [0.2, 0.25) is 5.28 Å². The number of amides is 1. The Kier molecular flexibility index (Phi) is 7.39. The second-order valence-corrected chi connectivity index (χ2v) is 12.3. The molecule has 4 rings (SSSR count). The summed E-state index contributed by atoms with van der Waals surface area (Å²) in [5.41, 5.74) is 2.22. The third-order valence-corrected chi connectivity index (χ3v) is 8.40. The van der Waals surface area contributed by atoms with Gasteiger partial charge < -0.3 is 14.1 Å². The third-order valence-electron chi connectivity index (χ3n) is 5.19. The summed E-state index contributed by atoms with van der Waals surface area (Å²) in [6.07, 6.45) is 0.283. The second-order valence-electron chi connectivity index (χ2n) is 8.87. The van der Waals surface area contributed by atoms with Gasteiger partial charge in [-0.3, -0.25) is 4.90 Å². The number of anilines is 1. The first-order valence-electron chi connectivity index (χ1n) is 10.8. The number of furan rings is 1. The van der Waals surface area contributed by atoms with Crippen molar-refractivity contribution in [3.05, 3.63) is 64.6 Å². The van der Waals surface area contributed by atoms with Crippen LogP contribution in [0, 0.1) is 0 Å². The number of halogens is 1. The van der Waals surface area contributed by atoms with Crippen LogP contribution in [-0.4, -0.2) is 30.5 Å². The number of hydrogen-bond acceptors (Lipinski definition) is 7. The van der Waals surface area contributed by atoms with Gasteiger partial charge in [-0.1, -0.05) is 30.3 Å². The minimum absolute atomic E-state index is 0.0411. The predicted molar refractivity (Wildman–Crippen MR) is 140 cm³/mol. The zero-order valence-corrected chi connectivity index (χ0v) is 22.0. The van der Waals surface area contributed by atoms with E-state index in [4.69, 9.17) is 16.0 Å². The molecule has 0 unspecified atom stereocenters. The van der Waals surface area contributed by atoms with Crippen LogP contribution in [0.4, 0.5) is 10.6 Å². The highest BCUT2D eigenvalue weighted by Crippen LogP contribution is 2.45. The van der Waals surface area contributed by atoms with E-state index in [2.05, 4.69) is 14.7 Å². The van der Waals surface area contributed by atoms with E-state index in [0.29, 0.717) is 16.0 Å². The molecule has 35 heavy (non-hydrogen) atoms. The number of fused-ring (bicyclic) bond motifs is 1. The number of rotatable bonds is 7. The zero-order chi connectivity index (χ0) is 25.3. The van der Waals surface area contributed by atoms with E-state index >= 15 is 0 Å². The van der Waals surface area contributed by atoms with Crippen molar-refractivity contribution in [3.63, 3.8) is 0 Å². The Labute approximate surface area is 215 Å². The van der Waals surface area contributed by atoms with Crippen molar-refractivity contribution >= 4 is 56.4 Å². The molecule has 3 heterocycles. The van der Waals surface area contributed by atoms with Gasteiger partial charge in [0.05, 0.1) is 29.1 Å². The van der Waals surface area contributed by atoms with Gasteiger partial charge in [-0.2, -0.15) is 4.98 Å². The standard InChI is InChI=1S/C24H25ClN4O4S2/c1-14(28-35(32)24(2,3)4)19-17(15-9-6-5-7-10-15)18-20(34-19)21(27-22(25)26-18)29(23(30)31)13-16-11-8-12-33-16/h5-12,14,28H,13H2,1-4H3,(H,30,31)/t14-,35+/m0/s1. The fourth-order valence-electron chi connectivity index (χ4n) is 3.51. The average molecular weight is 533 g/mol. The molecule has 8 nitrogen and oxygen atoms in total. The maximum atomic E-state index is 12.9. The van der Waals surface area contributed by atoms with Crippen molar-refractivity contribution in [2.75, 3.05) is 4.90 Å². The highest BCUT2D eigenvalue weighted by molar-refractivity contribution is 7.90. The minimum atomic E-state index is -1.32. The second kappa shape index (κ2) is 10.2. The molecule has 0 fully saturated rings. The van der Waals surface area contributed by atoms with Crippen LogP contribution < -0.4 is 9.62 Å². The normalized spacial score (nSPS) is 13.7. The number of carbonyl (C=O) groups is 1. The lowest BCUT2D eigenvalue weighted by Crippen LogP contribution is -2.40. The number of nitrogens with one attached hydrogen (secondary N) is 1. The average Bonchev–Trinajstić information content (AvgIpc) is 3.44. The first-order chi connectivity index (χ1) is 16.6. The van der Waals surface area contributed by atoms with E-state index in [1.54, 1.807) is 12.1 Å². The lowest BCUT2D eigenvalue weighted by molar-refractivity contribution is 0.200. The molecule has 1 aromatic carbocycles. The molecule has 3 aromatic heterocycles. The number of carboxylic acid groups (broad SMARTS) is 1. The Morgan fingerprint density at radius 3 is 2.57 bits per heavy atom. The van der Waals surface area contributed by atoms with Crippen LogP contribution in [-0.2, 0) is 17.9 Å². The molecule has 0 aliphatic carbocycles. The van der Waals surface area contributed by atoms with E-state index in [1.807, 2.05) is 58.0 Å². The highest BCUT2D eigenvalue weighted by atomic mass is 35.5. The molecular formula is C24H25ClN4O4S2. The van der Waals surface area contributed by atoms with Crippen LogP contribution in [0.5, 0.6) is 0 Å². The van der Waals surface area contributed by atoms with Gasteiger partial charge in [-0.25, -0.2) is 9.78 Å². The van der Waals surface area contributed by atoms with Gasteiger partial charge in [0, 0.05) is 21.8 Å². The van der Waals surface area contributed by atoms with E-state index < -0.39 is 22.2 Å². The fraction of sp³-hybridized carbons (Fsp3) is 0.292. The quantitative estimate of drug-likeness (QED) is 0.209. The smallest absolute Gasteiger partial charge is 0.413 e. The topological polar surface area (TPSA) is 115 Å². The van der Waals surface area contributed by atoms with Gasteiger partial charge in [-0.15, -0.1) is 16.1 Å². The summed E-state index contributed by atoms with van der Waals surface area (Å²) in [5, 5.41) is 9.95. The molecule has 0 bridgehead atoms. The number of aromatic nitrogens is 2. The van der Waals surface area contributed by atoms with Crippen LogP contribution in [0.1, 0.15) is 44.4 Å². The van der Waals surface area contributed by atoms with Gasteiger partial charge in [0.25, 0.3) is 0 Å². The van der Waals surface area contributed by atoms with Gasteiger partial charge in [0.1, 0.15) is 10.5 Å². The Morgan fingerprint density at radius 2 is 1.97 bits per heavy atom. The van der Waals surface area contributed by atoms with Crippen molar-refractivity contribution in [2.45, 2.75) is 45.0 Å². The van der Waals surface area contributed by atoms with Crippen molar-refractivity contribution in [1.82, 2.24) is 14.7 Å². The van der Waals surface area contributed by atoms with Crippen molar-refractivity contribution in [3.8, 4) is 11.1 Å². The fourth-order valence-corrected chi connectivity index (χ4v) is 5.80. The Hall–Kier alpha value is -2.63. The maximum absolute atomic E-state index is 12.9. The zero-order valence-electron chi connectivity index (χ0n) is 19.6. The first-order valence-corrected chi connectivity index (χ1v) is 13.2. The van der Waals surface area contributed by atoms with Crippen LogP contribution in [0.25, 0.3) is 21.3 Å². The molecule has 0 saturated heterocycles. The molecule has 0 aliphatic rings. The van der Waals surface area contributed by atoms with Crippen molar-refractivity contribution < 1.29 is 18.9 Å².